The van der Waals surface area contributed by atoms with Gasteiger partial charge < -0.3 is 20.8 Å². The molecule has 0 aromatic heterocycles. The third kappa shape index (κ3) is 10.2. The fourth-order valence-electron chi connectivity index (χ4n) is 1.21. The van der Waals surface area contributed by atoms with Gasteiger partial charge in [0.25, 0.3) is 0 Å². The van der Waals surface area contributed by atoms with E-state index in [-0.39, 0.29) is 30.4 Å². The van der Waals surface area contributed by atoms with Crippen molar-refractivity contribution >= 4 is 35.5 Å². The Morgan fingerprint density at radius 3 is 2.35 bits per heavy atom. The van der Waals surface area contributed by atoms with Crippen molar-refractivity contribution in [3.63, 3.8) is 0 Å². The van der Waals surface area contributed by atoms with Crippen LogP contribution in [0.15, 0.2) is 0 Å². The summed E-state index contributed by atoms with van der Waals surface area (Å²) in [6.07, 6.45) is 0.326. The lowest BCUT2D eigenvalue weighted by molar-refractivity contribution is -0.140. The van der Waals surface area contributed by atoms with Gasteiger partial charge in [-0.2, -0.15) is 0 Å². The van der Waals surface area contributed by atoms with Gasteiger partial charge in [-0.25, -0.2) is 4.79 Å². The molecule has 0 unspecified atom stereocenters. The van der Waals surface area contributed by atoms with Gasteiger partial charge in [0.05, 0.1) is 5.75 Å². The number of rotatable bonds is 10. The summed E-state index contributed by atoms with van der Waals surface area (Å²) in [4.78, 5) is 43.2. The summed E-state index contributed by atoms with van der Waals surface area (Å²) in [6.45, 7) is 1.48. The first-order valence-corrected chi connectivity index (χ1v) is 7.04. The molecule has 0 aliphatic rings. The van der Waals surface area contributed by atoms with Crippen molar-refractivity contribution < 1.29 is 29.4 Å². The SMILES string of the molecule is CC(=O)N[C@@H](CSCC(=O)NCCCC(=O)O)C(=O)O. The zero-order valence-electron chi connectivity index (χ0n) is 11.0. The van der Waals surface area contributed by atoms with Crippen molar-refractivity contribution in [2.24, 2.45) is 0 Å². The maximum absolute atomic E-state index is 11.3. The van der Waals surface area contributed by atoms with E-state index < -0.39 is 23.9 Å². The van der Waals surface area contributed by atoms with Gasteiger partial charge in [0, 0.05) is 25.6 Å². The Hall–Kier alpha value is -1.77. The van der Waals surface area contributed by atoms with Crippen LogP contribution >= 0.6 is 11.8 Å². The molecule has 0 aliphatic carbocycles. The number of carboxylic acids is 2. The molecule has 114 valence electrons. The standard InChI is InChI=1S/C11H18N2O6S/c1-7(14)13-8(11(18)19)5-20-6-9(15)12-4-2-3-10(16)17/h8H,2-6H2,1H3,(H,12,15)(H,13,14)(H,16,17)(H,18,19)/t8-/m0/s1. The molecule has 2 amide bonds. The maximum atomic E-state index is 11.3. The Kier molecular flexibility index (Phi) is 9.18. The first-order chi connectivity index (χ1) is 9.32. The molecule has 0 aliphatic heterocycles. The van der Waals surface area contributed by atoms with Gasteiger partial charge in [-0.15, -0.1) is 11.8 Å². The molecule has 0 fully saturated rings. The van der Waals surface area contributed by atoms with Gasteiger partial charge >= 0.3 is 11.9 Å². The minimum absolute atomic E-state index is 0.0168. The van der Waals surface area contributed by atoms with Crippen LogP contribution in [0.3, 0.4) is 0 Å². The number of carbonyl (C=O) groups is 4. The van der Waals surface area contributed by atoms with Crippen LogP contribution < -0.4 is 10.6 Å². The summed E-state index contributed by atoms with van der Waals surface area (Å²) in [5.41, 5.74) is 0. The number of thioether (sulfide) groups is 1. The molecule has 0 heterocycles. The van der Waals surface area contributed by atoms with Crippen molar-refractivity contribution in [2.45, 2.75) is 25.8 Å². The van der Waals surface area contributed by atoms with E-state index in [1.165, 1.54) is 6.92 Å². The first kappa shape index (κ1) is 18.2. The third-order valence-corrected chi connectivity index (χ3v) is 3.12. The van der Waals surface area contributed by atoms with Crippen LogP contribution in [0.1, 0.15) is 19.8 Å². The second kappa shape index (κ2) is 10.1. The largest absolute Gasteiger partial charge is 0.481 e. The molecule has 4 N–H and O–H groups in total. The van der Waals surface area contributed by atoms with Crippen LogP contribution in [0.2, 0.25) is 0 Å². The van der Waals surface area contributed by atoms with E-state index in [1.807, 2.05) is 0 Å². The van der Waals surface area contributed by atoms with Crippen LogP contribution in [-0.4, -0.2) is 58.1 Å². The van der Waals surface area contributed by atoms with Crippen molar-refractivity contribution in [1.82, 2.24) is 10.6 Å². The fraction of sp³-hybridized carbons (Fsp3) is 0.636. The smallest absolute Gasteiger partial charge is 0.327 e. The third-order valence-electron chi connectivity index (χ3n) is 2.08. The molecule has 9 heteroatoms. The van der Waals surface area contributed by atoms with E-state index >= 15 is 0 Å². The second-order valence-electron chi connectivity index (χ2n) is 3.95. The fourth-order valence-corrected chi connectivity index (χ4v) is 2.07. The number of amides is 2. The minimum atomic E-state index is -1.16. The highest BCUT2D eigenvalue weighted by molar-refractivity contribution is 8.00. The molecule has 0 aromatic carbocycles. The topological polar surface area (TPSA) is 133 Å². The molecule has 0 bridgehead atoms. The van der Waals surface area contributed by atoms with E-state index in [0.717, 1.165) is 11.8 Å². The number of carboxylic acid groups (broad SMARTS) is 2. The van der Waals surface area contributed by atoms with Gasteiger partial charge in [0.15, 0.2) is 0 Å². The lowest BCUT2D eigenvalue weighted by Gasteiger charge is -2.12. The van der Waals surface area contributed by atoms with Crippen LogP contribution in [0.25, 0.3) is 0 Å². The second-order valence-corrected chi connectivity index (χ2v) is 4.98. The zero-order valence-corrected chi connectivity index (χ0v) is 11.9. The normalized spacial score (nSPS) is 11.4. The van der Waals surface area contributed by atoms with Crippen molar-refractivity contribution in [3.8, 4) is 0 Å². The van der Waals surface area contributed by atoms with E-state index in [0.29, 0.717) is 6.42 Å². The van der Waals surface area contributed by atoms with E-state index in [4.69, 9.17) is 10.2 Å². The van der Waals surface area contributed by atoms with Crippen LogP contribution in [0, 0.1) is 0 Å². The van der Waals surface area contributed by atoms with E-state index in [1.54, 1.807) is 0 Å². The predicted molar refractivity (Wildman–Crippen MR) is 72.4 cm³/mol. The number of carbonyl (C=O) groups excluding carboxylic acids is 2. The van der Waals surface area contributed by atoms with Crippen molar-refractivity contribution in [3.05, 3.63) is 0 Å². The lowest BCUT2D eigenvalue weighted by Crippen LogP contribution is -2.41. The molecule has 0 aromatic rings. The first-order valence-electron chi connectivity index (χ1n) is 5.89. The van der Waals surface area contributed by atoms with Crippen LogP contribution in [0.5, 0.6) is 0 Å². The van der Waals surface area contributed by atoms with Crippen molar-refractivity contribution in [2.75, 3.05) is 18.1 Å². The molecule has 1 atom stereocenters. The highest BCUT2D eigenvalue weighted by Crippen LogP contribution is 2.03. The Bertz CT molecular complexity index is 374. The average molecular weight is 306 g/mol. The number of nitrogens with one attached hydrogen (secondary N) is 2. The summed E-state index contributed by atoms with van der Waals surface area (Å²) < 4.78 is 0. The number of hydrogen-bond donors (Lipinski definition) is 4. The molecule has 0 saturated carbocycles. The van der Waals surface area contributed by atoms with Gasteiger partial charge in [-0.05, 0) is 6.42 Å². The quantitative estimate of drug-likeness (QED) is 0.392. The highest BCUT2D eigenvalue weighted by atomic mass is 32.2. The monoisotopic (exact) mass is 306 g/mol. The molecular weight excluding hydrogens is 288 g/mol. The lowest BCUT2D eigenvalue weighted by atomic mass is 10.3. The molecular formula is C11H18N2O6S. The summed E-state index contributed by atoms with van der Waals surface area (Å²) in [7, 11) is 0. The molecule has 0 rings (SSSR count). The van der Waals surface area contributed by atoms with Gasteiger partial charge in [0.1, 0.15) is 6.04 Å². The van der Waals surface area contributed by atoms with Gasteiger partial charge in [0.2, 0.25) is 11.8 Å². The van der Waals surface area contributed by atoms with Crippen molar-refractivity contribution in [1.29, 1.82) is 0 Å². The molecule has 20 heavy (non-hydrogen) atoms. The Morgan fingerprint density at radius 1 is 1.20 bits per heavy atom. The summed E-state index contributed by atoms with van der Waals surface area (Å²) in [5.74, 6) is -2.69. The summed E-state index contributed by atoms with van der Waals surface area (Å²) >= 11 is 1.08. The Morgan fingerprint density at radius 2 is 1.85 bits per heavy atom. The zero-order chi connectivity index (χ0) is 15.5. The average Bonchev–Trinajstić information content (AvgIpc) is 2.32. The summed E-state index contributed by atoms with van der Waals surface area (Å²) in [5, 5.41) is 22.0. The van der Waals surface area contributed by atoms with Crippen LogP contribution in [-0.2, 0) is 19.2 Å². The highest BCUT2D eigenvalue weighted by Gasteiger charge is 2.18. The summed E-state index contributed by atoms with van der Waals surface area (Å²) in [6, 6.07) is -1.03. The number of hydrogen-bond acceptors (Lipinski definition) is 5. The molecule has 0 saturated heterocycles. The minimum Gasteiger partial charge on any atom is -0.481 e. The van der Waals surface area contributed by atoms with E-state index in [2.05, 4.69) is 10.6 Å². The number of aliphatic carboxylic acids is 2. The van der Waals surface area contributed by atoms with Crippen LogP contribution in [0.4, 0.5) is 0 Å². The van der Waals surface area contributed by atoms with E-state index in [9.17, 15) is 19.2 Å². The van der Waals surface area contributed by atoms with Gasteiger partial charge in [-0.3, -0.25) is 14.4 Å². The molecule has 8 nitrogen and oxygen atoms in total. The molecule has 0 spiro atoms. The maximum Gasteiger partial charge on any atom is 0.327 e. The molecule has 0 radical (unpaired) electrons. The predicted octanol–water partition coefficient (Wildman–Crippen LogP) is -0.710. The Balaban J connectivity index is 3.80. The Labute approximate surface area is 120 Å². The van der Waals surface area contributed by atoms with Gasteiger partial charge in [-0.1, -0.05) is 0 Å².